The van der Waals surface area contributed by atoms with Crippen LogP contribution in [-0.2, 0) is 15.1 Å². The summed E-state index contributed by atoms with van der Waals surface area (Å²) in [6, 6.07) is 7.42. The maximum absolute atomic E-state index is 13.1. The average Bonchev–Trinajstić information content (AvgIpc) is 3.07. The van der Waals surface area contributed by atoms with Crippen molar-refractivity contribution in [2.24, 2.45) is 5.92 Å². The van der Waals surface area contributed by atoms with Crippen molar-refractivity contribution in [1.29, 1.82) is 0 Å². The van der Waals surface area contributed by atoms with Crippen LogP contribution < -0.4 is 11.1 Å². The number of anilines is 2. The molecule has 1 aromatic carbocycles. The molecule has 1 amide bonds. The van der Waals surface area contributed by atoms with Crippen LogP contribution in [0.2, 0.25) is 0 Å². The van der Waals surface area contributed by atoms with E-state index in [9.17, 15) is 14.0 Å². The zero-order valence-corrected chi connectivity index (χ0v) is 17.0. The molecule has 1 fully saturated rings. The van der Waals surface area contributed by atoms with E-state index in [1.807, 2.05) is 0 Å². The number of nitrogen functional groups attached to an aromatic ring is 1. The van der Waals surface area contributed by atoms with Crippen LogP contribution in [-0.4, -0.2) is 26.8 Å². The molecule has 1 spiro atoms. The zero-order chi connectivity index (χ0) is 22.3. The Kier molecular flexibility index (Phi) is 4.80. The van der Waals surface area contributed by atoms with Crippen LogP contribution in [0.5, 0.6) is 0 Å². The molecule has 2 aliphatic rings. The Hall–Kier alpha value is -3.88. The Morgan fingerprint density at radius 3 is 2.62 bits per heavy atom. The van der Waals surface area contributed by atoms with Crippen molar-refractivity contribution in [3.63, 3.8) is 0 Å². The number of pyridine rings is 1. The van der Waals surface area contributed by atoms with Crippen molar-refractivity contribution in [3.05, 3.63) is 65.9 Å². The zero-order valence-electron chi connectivity index (χ0n) is 17.0. The smallest absolute Gasteiger partial charge is 0.339 e. The number of aromatic nitrogens is 3. The molecule has 1 aliphatic carbocycles. The number of ether oxygens (including phenoxy) is 1. The Bertz CT molecular complexity index is 1210. The molecule has 0 radical (unpaired) electrons. The molecule has 0 unspecified atom stereocenters. The molecule has 8 nitrogen and oxygen atoms in total. The van der Waals surface area contributed by atoms with E-state index in [2.05, 4.69) is 20.3 Å². The molecule has 32 heavy (non-hydrogen) atoms. The fourth-order valence-corrected chi connectivity index (χ4v) is 4.40. The van der Waals surface area contributed by atoms with Gasteiger partial charge in [0.2, 0.25) is 5.91 Å². The van der Waals surface area contributed by atoms with Gasteiger partial charge in [0.1, 0.15) is 17.1 Å². The van der Waals surface area contributed by atoms with Gasteiger partial charge < -0.3 is 15.8 Å². The first-order valence-electron chi connectivity index (χ1n) is 10.3. The third-order valence-electron chi connectivity index (χ3n) is 6.16. The Morgan fingerprint density at radius 1 is 1.16 bits per heavy atom. The van der Waals surface area contributed by atoms with E-state index >= 15 is 0 Å². The van der Waals surface area contributed by atoms with Gasteiger partial charge in [-0.3, -0.25) is 9.78 Å². The first-order valence-corrected chi connectivity index (χ1v) is 10.3. The van der Waals surface area contributed by atoms with Crippen molar-refractivity contribution in [2.45, 2.75) is 31.3 Å². The highest BCUT2D eigenvalue weighted by Crippen LogP contribution is 2.47. The summed E-state index contributed by atoms with van der Waals surface area (Å²) in [7, 11) is 0. The summed E-state index contributed by atoms with van der Waals surface area (Å²) in [6.45, 7) is 0. The van der Waals surface area contributed by atoms with E-state index < -0.39 is 5.60 Å². The number of halogens is 1. The second kappa shape index (κ2) is 7.67. The lowest BCUT2D eigenvalue weighted by atomic mass is 9.75. The number of nitrogens with one attached hydrogen (secondary N) is 1. The first-order chi connectivity index (χ1) is 15.4. The standard InChI is InChI=1S/C23H20FN5O3/c24-15-3-1-13(2-4-15)20-27-12-18(19(25)29-20)28-21(30)14-5-8-23(9-6-14)17-11-26-10-7-16(17)22(31)32-23/h1-4,7,10-12,14H,5-6,8-9H2,(H,28,30)(H2,25,27,29)/t14-,23+. The number of nitrogens with two attached hydrogens (primary N) is 1. The van der Waals surface area contributed by atoms with Crippen LogP contribution in [0.3, 0.4) is 0 Å². The Morgan fingerprint density at radius 2 is 1.91 bits per heavy atom. The predicted molar refractivity (Wildman–Crippen MR) is 114 cm³/mol. The molecular formula is C23H20FN5O3. The number of hydrogen-bond acceptors (Lipinski definition) is 7. The number of carbonyl (C=O) groups excluding carboxylic acids is 2. The normalized spacial score (nSPS) is 21.8. The highest BCUT2D eigenvalue weighted by molar-refractivity contribution is 5.96. The summed E-state index contributed by atoms with van der Waals surface area (Å²) in [5.74, 6) is -0.653. The minimum Gasteiger partial charge on any atom is -0.450 e. The summed E-state index contributed by atoms with van der Waals surface area (Å²) in [6.07, 6.45) is 6.91. The second-order valence-corrected chi connectivity index (χ2v) is 8.07. The second-order valence-electron chi connectivity index (χ2n) is 8.07. The van der Waals surface area contributed by atoms with Gasteiger partial charge >= 0.3 is 5.97 Å². The molecule has 0 bridgehead atoms. The van der Waals surface area contributed by atoms with Crippen LogP contribution >= 0.6 is 0 Å². The van der Waals surface area contributed by atoms with Crippen LogP contribution in [0.25, 0.3) is 11.4 Å². The van der Waals surface area contributed by atoms with Gasteiger partial charge in [0.15, 0.2) is 11.6 Å². The molecular weight excluding hydrogens is 413 g/mol. The van der Waals surface area contributed by atoms with Crippen LogP contribution in [0.15, 0.2) is 48.9 Å². The van der Waals surface area contributed by atoms with Gasteiger partial charge in [0, 0.05) is 29.4 Å². The lowest BCUT2D eigenvalue weighted by Crippen LogP contribution is -2.36. The predicted octanol–water partition coefficient (Wildman–Crippen LogP) is 3.45. The van der Waals surface area contributed by atoms with Crippen LogP contribution in [0.1, 0.15) is 41.6 Å². The number of esters is 1. The van der Waals surface area contributed by atoms with Crippen molar-refractivity contribution in [1.82, 2.24) is 15.0 Å². The van der Waals surface area contributed by atoms with E-state index in [-0.39, 0.29) is 29.4 Å². The van der Waals surface area contributed by atoms with Gasteiger partial charge in [-0.1, -0.05) is 0 Å². The number of fused-ring (bicyclic) bond motifs is 2. The summed E-state index contributed by atoms with van der Waals surface area (Å²) in [5, 5.41) is 2.81. The quantitative estimate of drug-likeness (QED) is 0.607. The molecule has 3 N–H and O–H groups in total. The third kappa shape index (κ3) is 3.45. The van der Waals surface area contributed by atoms with Crippen LogP contribution in [0, 0.1) is 11.7 Å². The van der Waals surface area contributed by atoms with E-state index in [0.717, 1.165) is 5.56 Å². The van der Waals surface area contributed by atoms with Gasteiger partial charge in [-0.2, -0.15) is 0 Å². The number of nitrogens with zero attached hydrogens (tertiary/aromatic N) is 3. The number of rotatable bonds is 3. The van der Waals surface area contributed by atoms with E-state index in [0.29, 0.717) is 48.3 Å². The molecule has 5 rings (SSSR count). The molecule has 0 saturated heterocycles. The van der Waals surface area contributed by atoms with Crippen molar-refractivity contribution < 1.29 is 18.7 Å². The lowest BCUT2D eigenvalue weighted by molar-refractivity contribution is -0.122. The molecule has 0 atom stereocenters. The fraction of sp³-hybridized carbons (Fsp3) is 0.261. The molecule has 3 aromatic rings. The van der Waals surface area contributed by atoms with Gasteiger partial charge in [0.05, 0.1) is 11.8 Å². The molecule has 3 heterocycles. The average molecular weight is 433 g/mol. The van der Waals surface area contributed by atoms with Crippen molar-refractivity contribution in [2.75, 3.05) is 11.1 Å². The summed E-state index contributed by atoms with van der Waals surface area (Å²) < 4.78 is 18.8. The molecule has 2 aromatic heterocycles. The van der Waals surface area contributed by atoms with Gasteiger partial charge in [-0.25, -0.2) is 19.2 Å². The molecule has 1 saturated carbocycles. The minimum absolute atomic E-state index is 0.129. The van der Waals surface area contributed by atoms with Crippen molar-refractivity contribution >= 4 is 23.4 Å². The Balaban J connectivity index is 1.26. The van der Waals surface area contributed by atoms with Crippen molar-refractivity contribution in [3.8, 4) is 11.4 Å². The minimum atomic E-state index is -0.698. The maximum Gasteiger partial charge on any atom is 0.339 e. The van der Waals surface area contributed by atoms with Gasteiger partial charge in [-0.05, 0) is 56.0 Å². The third-order valence-corrected chi connectivity index (χ3v) is 6.16. The number of carbonyl (C=O) groups is 2. The monoisotopic (exact) mass is 433 g/mol. The fourth-order valence-electron chi connectivity index (χ4n) is 4.40. The Labute approximate surface area is 183 Å². The number of hydrogen-bond donors (Lipinski definition) is 2. The number of benzene rings is 1. The van der Waals surface area contributed by atoms with E-state index in [1.54, 1.807) is 30.6 Å². The number of amides is 1. The van der Waals surface area contributed by atoms with Gasteiger partial charge in [-0.15, -0.1) is 0 Å². The SMILES string of the molecule is Nc1nc(-c2ccc(F)cc2)ncc1NC(=O)[C@H]1CC[C@]2(CC1)OC(=O)c1ccncc12. The van der Waals surface area contributed by atoms with Crippen LogP contribution in [0.4, 0.5) is 15.9 Å². The molecule has 1 aliphatic heterocycles. The summed E-state index contributed by atoms with van der Waals surface area (Å²) >= 11 is 0. The molecule has 162 valence electrons. The van der Waals surface area contributed by atoms with E-state index in [4.69, 9.17) is 10.5 Å². The largest absolute Gasteiger partial charge is 0.450 e. The highest BCUT2D eigenvalue weighted by atomic mass is 19.1. The summed E-state index contributed by atoms with van der Waals surface area (Å²) in [5.41, 5.74) is 7.62. The van der Waals surface area contributed by atoms with E-state index in [1.165, 1.54) is 18.3 Å². The lowest BCUT2D eigenvalue weighted by Gasteiger charge is -2.35. The molecule has 9 heteroatoms. The van der Waals surface area contributed by atoms with Gasteiger partial charge in [0.25, 0.3) is 0 Å². The topological polar surface area (TPSA) is 120 Å². The summed E-state index contributed by atoms with van der Waals surface area (Å²) in [4.78, 5) is 37.6. The first kappa shape index (κ1) is 20.0. The maximum atomic E-state index is 13.1. The highest BCUT2D eigenvalue weighted by Gasteiger charge is 2.48.